The van der Waals surface area contributed by atoms with Crippen LogP contribution in [0, 0.1) is 22.7 Å². The smallest absolute Gasteiger partial charge is 0.203 e. The molecule has 0 radical (unpaired) electrons. The summed E-state index contributed by atoms with van der Waals surface area (Å²) in [6.45, 7) is 18.8. The molecule has 2 aromatic carbocycles. The molecule has 7 nitrogen and oxygen atoms in total. The Balaban J connectivity index is 1.68. The van der Waals surface area contributed by atoms with Crippen molar-refractivity contribution in [1.29, 1.82) is 0 Å². The van der Waals surface area contributed by atoms with Crippen LogP contribution in [0.3, 0.4) is 0 Å². The molecule has 3 aliphatic rings. The Hall–Kier alpha value is -3.71. The summed E-state index contributed by atoms with van der Waals surface area (Å²) in [5.74, 6) is -5.03. The number of Topliss-reactive ketones (excluding diaryl/α,β-unsaturated/α-hetero) is 3. The first-order valence-corrected chi connectivity index (χ1v) is 16.8. The number of carbonyl (C=O) groups excluding carboxylic acids is 3. The maximum Gasteiger partial charge on any atom is 0.203 e. The van der Waals surface area contributed by atoms with E-state index in [1.165, 1.54) is 5.56 Å². The topological polar surface area (TPSA) is 132 Å². The van der Waals surface area contributed by atoms with Gasteiger partial charge in [0, 0.05) is 22.3 Å². The van der Waals surface area contributed by atoms with E-state index in [0.717, 1.165) is 23.6 Å². The average Bonchev–Trinajstić information content (AvgIpc) is 2.93. The van der Waals surface area contributed by atoms with Gasteiger partial charge in [-0.3, -0.25) is 14.4 Å². The van der Waals surface area contributed by atoms with Crippen LogP contribution in [0.2, 0.25) is 0 Å². The van der Waals surface area contributed by atoms with Crippen molar-refractivity contribution < 1.29 is 34.8 Å². The molecule has 4 atom stereocenters. The number of aryl methyl sites for hydroxylation is 2. The van der Waals surface area contributed by atoms with Crippen LogP contribution in [-0.2, 0) is 39.1 Å². The highest BCUT2D eigenvalue weighted by atomic mass is 16.3. The van der Waals surface area contributed by atoms with Crippen molar-refractivity contribution in [2.24, 2.45) is 22.7 Å². The molecule has 0 spiro atoms. The van der Waals surface area contributed by atoms with E-state index in [1.807, 2.05) is 26.8 Å². The summed E-state index contributed by atoms with van der Waals surface area (Å²) in [5.41, 5.74) is -0.949. The summed E-state index contributed by atoms with van der Waals surface area (Å²) in [7, 11) is 0. The summed E-state index contributed by atoms with van der Waals surface area (Å²) in [5, 5.41) is 47.5. The van der Waals surface area contributed by atoms with Crippen molar-refractivity contribution in [3.63, 3.8) is 0 Å². The Morgan fingerprint density at radius 1 is 0.979 bits per heavy atom. The van der Waals surface area contributed by atoms with Crippen molar-refractivity contribution in [2.45, 2.75) is 112 Å². The van der Waals surface area contributed by atoms with E-state index in [1.54, 1.807) is 20.8 Å². The Morgan fingerprint density at radius 2 is 1.57 bits per heavy atom. The minimum atomic E-state index is -2.62. The summed E-state index contributed by atoms with van der Waals surface area (Å²) >= 11 is 0. The van der Waals surface area contributed by atoms with Gasteiger partial charge in [-0.1, -0.05) is 92.6 Å². The number of benzene rings is 2. The SMILES string of the molecule is CC(=O)C1=C(O)[C@]2(O)C(=O)C3=C(O)c4c(O)c(CCc5ccc(C(C)(C)C)cc5)cc(C(C)C)c4C[C@]3(C)C[C@]2(C)C(C(C)C)C1=O. The standard InChI is InChI=1S/C40H50O7/c1-20(2)26-17-24(14-11-23-12-15-25(16-13-23)37(6,7)8)32(42)29-27(26)18-38(9)19-39(10)30(21(3)4)33(43)28(22(5)41)35(45)40(39,47)36(46)31(38)34(29)44/h12-13,15-17,20-21,30,42,44-45,47H,11,14,18-19H2,1-10H3/t30?,38-,39-,40+/m1/s1. The monoisotopic (exact) mass is 642 g/mol. The zero-order chi connectivity index (χ0) is 35.2. The van der Waals surface area contributed by atoms with Gasteiger partial charge >= 0.3 is 0 Å². The molecular weight excluding hydrogens is 592 g/mol. The van der Waals surface area contributed by atoms with Crippen LogP contribution < -0.4 is 0 Å². The van der Waals surface area contributed by atoms with E-state index in [-0.39, 0.29) is 47.0 Å². The summed E-state index contributed by atoms with van der Waals surface area (Å²) < 4.78 is 0. The first-order valence-electron chi connectivity index (χ1n) is 16.8. The number of phenolic OH excluding ortho intramolecular Hbond substituents is 1. The third-order valence-corrected chi connectivity index (χ3v) is 11.2. The molecule has 0 aromatic heterocycles. The summed E-state index contributed by atoms with van der Waals surface area (Å²) in [6.07, 6.45) is 1.50. The number of hydrogen-bond acceptors (Lipinski definition) is 7. The van der Waals surface area contributed by atoms with Gasteiger partial charge in [0.2, 0.25) is 5.78 Å². The van der Waals surface area contributed by atoms with Crippen molar-refractivity contribution in [2.75, 3.05) is 0 Å². The van der Waals surface area contributed by atoms with E-state index in [2.05, 4.69) is 45.0 Å². The fourth-order valence-electron chi connectivity index (χ4n) is 9.03. The molecule has 0 bridgehead atoms. The zero-order valence-electron chi connectivity index (χ0n) is 29.5. The maximum atomic E-state index is 14.7. The van der Waals surface area contributed by atoms with E-state index >= 15 is 0 Å². The first-order chi connectivity index (χ1) is 21.6. The molecule has 1 fully saturated rings. The molecule has 47 heavy (non-hydrogen) atoms. The fraction of sp³-hybridized carbons (Fsp3) is 0.525. The number of ketones is 3. The number of aromatic hydroxyl groups is 1. The Kier molecular flexibility index (Phi) is 8.24. The molecule has 5 rings (SSSR count). The van der Waals surface area contributed by atoms with Gasteiger partial charge in [-0.05, 0) is 77.7 Å². The molecule has 0 heterocycles. The molecule has 1 unspecified atom stereocenters. The largest absolute Gasteiger partial charge is 0.508 e. The highest BCUT2D eigenvalue weighted by molar-refractivity contribution is 6.24. The van der Waals surface area contributed by atoms with E-state index < -0.39 is 56.8 Å². The van der Waals surface area contributed by atoms with Crippen molar-refractivity contribution in [3.8, 4) is 5.75 Å². The van der Waals surface area contributed by atoms with Crippen LogP contribution in [0.1, 0.15) is 115 Å². The number of aliphatic hydroxyl groups is 3. The predicted octanol–water partition coefficient (Wildman–Crippen LogP) is 7.40. The van der Waals surface area contributed by atoms with Crippen LogP contribution in [0.25, 0.3) is 5.76 Å². The molecule has 4 N–H and O–H groups in total. The van der Waals surface area contributed by atoms with Gasteiger partial charge < -0.3 is 20.4 Å². The lowest BCUT2D eigenvalue weighted by Crippen LogP contribution is -2.69. The minimum absolute atomic E-state index is 0.0312. The van der Waals surface area contributed by atoms with Gasteiger partial charge in [-0.25, -0.2) is 0 Å². The highest BCUT2D eigenvalue weighted by Crippen LogP contribution is 2.65. The molecule has 0 amide bonds. The van der Waals surface area contributed by atoms with E-state index in [0.29, 0.717) is 18.4 Å². The molecule has 2 aromatic rings. The van der Waals surface area contributed by atoms with Crippen LogP contribution in [0.15, 0.2) is 47.2 Å². The summed E-state index contributed by atoms with van der Waals surface area (Å²) in [6, 6.07) is 10.4. The highest BCUT2D eigenvalue weighted by Gasteiger charge is 2.72. The number of hydrogen-bond donors (Lipinski definition) is 4. The van der Waals surface area contributed by atoms with E-state index in [9.17, 15) is 34.8 Å². The fourth-order valence-corrected chi connectivity index (χ4v) is 9.03. The van der Waals surface area contributed by atoms with Gasteiger partial charge in [0.1, 0.15) is 22.8 Å². The lowest BCUT2D eigenvalue weighted by molar-refractivity contribution is -0.178. The van der Waals surface area contributed by atoms with Crippen molar-refractivity contribution in [3.05, 3.63) is 80.6 Å². The average molecular weight is 643 g/mol. The molecule has 1 saturated carbocycles. The second-order valence-electron chi connectivity index (χ2n) is 16.4. The van der Waals surface area contributed by atoms with Crippen molar-refractivity contribution >= 4 is 23.1 Å². The van der Waals surface area contributed by atoms with Crippen LogP contribution in [0.5, 0.6) is 5.75 Å². The molecule has 0 aliphatic heterocycles. The number of fused-ring (bicyclic) bond motifs is 3. The maximum absolute atomic E-state index is 14.7. The summed E-state index contributed by atoms with van der Waals surface area (Å²) in [4.78, 5) is 41.0. The lowest BCUT2D eigenvalue weighted by atomic mass is 9.43. The van der Waals surface area contributed by atoms with Crippen LogP contribution in [0.4, 0.5) is 0 Å². The molecule has 0 saturated heterocycles. The zero-order valence-corrected chi connectivity index (χ0v) is 29.5. The van der Waals surface area contributed by atoms with E-state index in [4.69, 9.17) is 0 Å². The number of aliphatic hydroxyl groups excluding tert-OH is 2. The van der Waals surface area contributed by atoms with Gasteiger partial charge in [0.25, 0.3) is 0 Å². The van der Waals surface area contributed by atoms with Crippen LogP contribution >= 0.6 is 0 Å². The first kappa shape index (κ1) is 34.6. The third kappa shape index (κ3) is 4.99. The Labute approximate surface area is 278 Å². The number of allylic oxidation sites excluding steroid dienone is 1. The van der Waals surface area contributed by atoms with Gasteiger partial charge in [-0.2, -0.15) is 0 Å². The van der Waals surface area contributed by atoms with Gasteiger partial charge in [0.05, 0.1) is 5.56 Å². The predicted molar refractivity (Wildman–Crippen MR) is 182 cm³/mol. The molecule has 7 heteroatoms. The number of phenols is 1. The molecular formula is C40H50O7. The second kappa shape index (κ2) is 11.2. The quantitative estimate of drug-likeness (QED) is 0.242. The number of rotatable bonds is 6. The molecule has 3 aliphatic carbocycles. The van der Waals surface area contributed by atoms with Crippen molar-refractivity contribution in [1.82, 2.24) is 0 Å². The second-order valence-corrected chi connectivity index (χ2v) is 16.4. The third-order valence-electron chi connectivity index (χ3n) is 11.2. The minimum Gasteiger partial charge on any atom is -0.508 e. The van der Waals surface area contributed by atoms with Gasteiger partial charge in [-0.15, -0.1) is 0 Å². The Bertz CT molecular complexity index is 1750. The lowest BCUT2D eigenvalue weighted by Gasteiger charge is -2.60. The van der Waals surface area contributed by atoms with Gasteiger partial charge in [0.15, 0.2) is 17.2 Å². The Morgan fingerprint density at radius 3 is 2.09 bits per heavy atom. The van der Waals surface area contributed by atoms with Crippen LogP contribution in [-0.4, -0.2) is 43.4 Å². The number of carbonyl (C=O) groups is 3. The molecule has 252 valence electrons. The normalized spacial score (nSPS) is 27.7.